The molecule has 5 rings (SSSR count). The fourth-order valence-corrected chi connectivity index (χ4v) is 5.29. The largest absolute Gasteiger partial charge is 0.489 e. The van der Waals surface area contributed by atoms with E-state index in [4.69, 9.17) is 44.5 Å². The molecule has 0 radical (unpaired) electrons. The highest BCUT2D eigenvalue weighted by Gasteiger charge is 2.09. The average molecular weight is 540 g/mol. The summed E-state index contributed by atoms with van der Waals surface area (Å²) in [5.41, 5.74) is 6.28. The molecule has 0 bridgehead atoms. The molecule has 0 saturated carbocycles. The van der Waals surface area contributed by atoms with Crippen LogP contribution in [-0.4, -0.2) is 4.98 Å². The van der Waals surface area contributed by atoms with E-state index >= 15 is 0 Å². The van der Waals surface area contributed by atoms with E-state index in [9.17, 15) is 0 Å². The van der Waals surface area contributed by atoms with Crippen molar-refractivity contribution in [3.63, 3.8) is 0 Å². The smallest absolute Gasteiger partial charge is 0.124 e. The van der Waals surface area contributed by atoms with Gasteiger partial charge in [-0.1, -0.05) is 46.9 Å². The first kappa shape index (κ1) is 24.0. The molecule has 176 valence electrons. The van der Waals surface area contributed by atoms with Crippen LogP contribution in [0.15, 0.2) is 78.9 Å². The van der Waals surface area contributed by atoms with Gasteiger partial charge in [-0.05, 0) is 84.8 Å². The van der Waals surface area contributed by atoms with E-state index in [1.165, 1.54) is 10.3 Å². The van der Waals surface area contributed by atoms with Crippen LogP contribution < -0.4 is 10.1 Å². The molecule has 0 atom stereocenters. The lowest BCUT2D eigenvalue weighted by Gasteiger charge is -2.14. The van der Waals surface area contributed by atoms with Crippen molar-refractivity contribution >= 4 is 62.0 Å². The summed E-state index contributed by atoms with van der Waals surface area (Å²) in [6.45, 7) is 3.04. The van der Waals surface area contributed by atoms with Crippen molar-refractivity contribution in [3.8, 4) is 16.3 Å². The Hall–Kier alpha value is -2.76. The van der Waals surface area contributed by atoms with E-state index in [0.29, 0.717) is 28.2 Å². The molecule has 0 spiro atoms. The molecule has 0 aliphatic rings. The number of benzene rings is 4. The van der Waals surface area contributed by atoms with Gasteiger partial charge in [-0.25, -0.2) is 4.98 Å². The Morgan fingerprint density at radius 3 is 2.49 bits per heavy atom. The summed E-state index contributed by atoms with van der Waals surface area (Å²) in [7, 11) is 0. The van der Waals surface area contributed by atoms with Crippen LogP contribution >= 0.6 is 46.1 Å². The molecule has 5 aromatic rings. The number of ether oxygens (including phenoxy) is 1. The second-order valence-corrected chi connectivity index (χ2v) is 10.5. The lowest BCUT2D eigenvalue weighted by molar-refractivity contribution is 0.303. The van der Waals surface area contributed by atoms with Gasteiger partial charge in [0.25, 0.3) is 0 Å². The van der Waals surface area contributed by atoms with Crippen LogP contribution in [0.2, 0.25) is 15.1 Å². The van der Waals surface area contributed by atoms with E-state index < -0.39 is 0 Å². The Morgan fingerprint density at radius 2 is 1.69 bits per heavy atom. The number of hydrogen-bond donors (Lipinski definition) is 1. The van der Waals surface area contributed by atoms with Gasteiger partial charge in [0.05, 0.1) is 20.3 Å². The van der Waals surface area contributed by atoms with E-state index in [1.54, 1.807) is 17.4 Å². The van der Waals surface area contributed by atoms with E-state index in [1.807, 2.05) is 30.3 Å². The van der Waals surface area contributed by atoms with Crippen molar-refractivity contribution in [3.05, 3.63) is 111 Å². The fraction of sp³-hybridized carbons (Fsp3) is 0.107. The summed E-state index contributed by atoms with van der Waals surface area (Å²) < 4.78 is 7.27. The number of rotatable bonds is 7. The number of aryl methyl sites for hydroxylation is 1. The van der Waals surface area contributed by atoms with Crippen LogP contribution in [0, 0.1) is 6.92 Å². The third-order valence-corrected chi connectivity index (χ3v) is 7.60. The zero-order valence-electron chi connectivity index (χ0n) is 18.8. The molecule has 3 nitrogen and oxygen atoms in total. The zero-order chi connectivity index (χ0) is 24.4. The highest BCUT2D eigenvalue weighted by molar-refractivity contribution is 7.21. The van der Waals surface area contributed by atoms with Crippen LogP contribution in [0.5, 0.6) is 5.75 Å². The lowest BCUT2D eigenvalue weighted by atomic mass is 10.1. The van der Waals surface area contributed by atoms with E-state index in [2.05, 4.69) is 54.7 Å². The number of hydrogen-bond acceptors (Lipinski definition) is 4. The predicted octanol–water partition coefficient (Wildman–Crippen LogP) is 9.42. The minimum absolute atomic E-state index is 0.377. The number of nitrogens with zero attached hydrogens (tertiary/aromatic N) is 1. The van der Waals surface area contributed by atoms with Crippen molar-refractivity contribution in [1.82, 2.24) is 4.98 Å². The Morgan fingerprint density at radius 1 is 0.857 bits per heavy atom. The molecular formula is C28H21Cl3N2OS. The third kappa shape index (κ3) is 5.74. The number of aromatic nitrogens is 1. The van der Waals surface area contributed by atoms with Crippen LogP contribution in [0.4, 0.5) is 5.69 Å². The summed E-state index contributed by atoms with van der Waals surface area (Å²) in [4.78, 5) is 4.78. The first-order chi connectivity index (χ1) is 16.9. The Balaban J connectivity index is 1.27. The molecule has 1 heterocycles. The molecule has 0 aliphatic heterocycles. The molecule has 0 amide bonds. The summed E-state index contributed by atoms with van der Waals surface area (Å²) in [5, 5.41) is 6.17. The maximum atomic E-state index is 6.26. The minimum Gasteiger partial charge on any atom is -0.489 e. The minimum atomic E-state index is 0.377. The monoisotopic (exact) mass is 538 g/mol. The summed E-state index contributed by atoms with van der Waals surface area (Å²) in [5.74, 6) is 0.759. The van der Waals surface area contributed by atoms with Crippen molar-refractivity contribution in [1.29, 1.82) is 0 Å². The number of nitrogens with one attached hydrogen (secondary N) is 1. The highest BCUT2D eigenvalue weighted by Crippen LogP contribution is 2.32. The van der Waals surface area contributed by atoms with Gasteiger partial charge in [-0.2, -0.15) is 0 Å². The SMILES string of the molecule is Cc1ccc2nc(-c3ccc(NCc4cc(Cl)ccc4OCc4ccc(Cl)c(Cl)c4)cc3)sc2c1. The third-order valence-electron chi connectivity index (χ3n) is 5.56. The van der Waals surface area contributed by atoms with E-state index in [-0.39, 0.29) is 0 Å². The summed E-state index contributed by atoms with van der Waals surface area (Å²) in [6, 6.07) is 25.8. The first-order valence-electron chi connectivity index (χ1n) is 11.0. The lowest BCUT2D eigenvalue weighted by Crippen LogP contribution is -2.04. The molecule has 1 aromatic heterocycles. The second-order valence-electron chi connectivity index (χ2n) is 8.21. The topological polar surface area (TPSA) is 34.2 Å². The van der Waals surface area contributed by atoms with Gasteiger partial charge in [0, 0.05) is 28.4 Å². The maximum Gasteiger partial charge on any atom is 0.124 e. The van der Waals surface area contributed by atoms with Gasteiger partial charge in [0.1, 0.15) is 17.4 Å². The van der Waals surface area contributed by atoms with Crippen molar-refractivity contribution < 1.29 is 4.74 Å². The van der Waals surface area contributed by atoms with Gasteiger partial charge >= 0.3 is 0 Å². The van der Waals surface area contributed by atoms with Crippen LogP contribution in [0.3, 0.4) is 0 Å². The van der Waals surface area contributed by atoms with Gasteiger partial charge < -0.3 is 10.1 Å². The second kappa shape index (κ2) is 10.5. The Bertz CT molecular complexity index is 1500. The molecule has 35 heavy (non-hydrogen) atoms. The van der Waals surface area contributed by atoms with Crippen LogP contribution in [0.1, 0.15) is 16.7 Å². The molecule has 4 aromatic carbocycles. The standard InChI is InChI=1S/C28H21Cl3N2OS/c1-17-2-10-25-27(12-17)35-28(33-25)19-4-7-22(8-5-19)32-15-20-14-21(29)6-11-26(20)34-16-18-3-9-23(30)24(31)13-18/h2-14,32H,15-16H2,1H3. The number of anilines is 1. The first-order valence-corrected chi connectivity index (χ1v) is 13.0. The predicted molar refractivity (Wildman–Crippen MR) is 149 cm³/mol. The summed E-state index contributed by atoms with van der Waals surface area (Å²) in [6.07, 6.45) is 0. The van der Waals surface area contributed by atoms with Crippen LogP contribution in [-0.2, 0) is 13.2 Å². The molecule has 0 unspecified atom stereocenters. The molecular weight excluding hydrogens is 519 g/mol. The molecule has 0 saturated heterocycles. The summed E-state index contributed by atoms with van der Waals surface area (Å²) >= 11 is 20.1. The molecule has 1 N–H and O–H groups in total. The Labute approximate surface area is 223 Å². The van der Waals surface area contributed by atoms with Gasteiger partial charge in [-0.15, -0.1) is 11.3 Å². The molecule has 0 aliphatic carbocycles. The number of halogens is 3. The Kier molecular flexibility index (Phi) is 7.17. The van der Waals surface area contributed by atoms with Gasteiger partial charge in [0.2, 0.25) is 0 Å². The molecule has 0 fully saturated rings. The van der Waals surface area contributed by atoms with E-state index in [0.717, 1.165) is 38.7 Å². The van der Waals surface area contributed by atoms with Crippen molar-refractivity contribution in [2.24, 2.45) is 0 Å². The average Bonchev–Trinajstić information content (AvgIpc) is 3.28. The number of thiazole rings is 1. The number of fused-ring (bicyclic) bond motifs is 1. The zero-order valence-corrected chi connectivity index (χ0v) is 21.9. The quantitative estimate of drug-likeness (QED) is 0.224. The molecule has 7 heteroatoms. The van der Waals surface area contributed by atoms with Crippen molar-refractivity contribution in [2.45, 2.75) is 20.1 Å². The van der Waals surface area contributed by atoms with Gasteiger partial charge in [-0.3, -0.25) is 0 Å². The van der Waals surface area contributed by atoms with Crippen molar-refractivity contribution in [2.75, 3.05) is 5.32 Å². The van der Waals surface area contributed by atoms with Crippen LogP contribution in [0.25, 0.3) is 20.8 Å². The highest BCUT2D eigenvalue weighted by atomic mass is 35.5. The fourth-order valence-electron chi connectivity index (χ4n) is 3.70. The maximum absolute atomic E-state index is 6.26. The normalized spacial score (nSPS) is 11.1. The van der Waals surface area contributed by atoms with Gasteiger partial charge in [0.15, 0.2) is 0 Å².